The van der Waals surface area contributed by atoms with Crippen LogP contribution in [-0.4, -0.2) is 41.1 Å². The molecule has 1 unspecified atom stereocenters. The third kappa shape index (κ3) is 2.49. The highest BCUT2D eigenvalue weighted by molar-refractivity contribution is 5.82. The molecule has 23 heavy (non-hydrogen) atoms. The Morgan fingerprint density at radius 2 is 2.22 bits per heavy atom. The highest BCUT2D eigenvalue weighted by Crippen LogP contribution is 2.27. The second-order valence-corrected chi connectivity index (χ2v) is 5.82. The van der Waals surface area contributed by atoms with E-state index in [0.29, 0.717) is 24.0 Å². The summed E-state index contributed by atoms with van der Waals surface area (Å²) in [7, 11) is 1.76. The number of carbonyl (C=O) groups is 1. The third-order valence-corrected chi connectivity index (χ3v) is 4.01. The van der Waals surface area contributed by atoms with Gasteiger partial charge in [-0.3, -0.25) is 10.1 Å². The Hall–Kier alpha value is -2.67. The molecule has 1 fully saturated rings. The van der Waals surface area contributed by atoms with E-state index < -0.39 is 0 Å². The molecular formula is C16H16N4O3. The number of rotatable bonds is 2. The standard InChI is InChI=1S/C16H16N4O3/c1-9-3-4-12-10(5-9)6-13(22-12)15-18-16(23-19-15)11-8-20(2)14(21)7-17-11/h3-6,11,17H,7-8H2,1-2H3. The highest BCUT2D eigenvalue weighted by atomic mass is 16.5. The lowest BCUT2D eigenvalue weighted by Crippen LogP contribution is -2.47. The summed E-state index contributed by atoms with van der Waals surface area (Å²) < 4.78 is 11.1. The summed E-state index contributed by atoms with van der Waals surface area (Å²) >= 11 is 0. The maximum Gasteiger partial charge on any atom is 0.246 e. The zero-order valence-corrected chi connectivity index (χ0v) is 12.9. The summed E-state index contributed by atoms with van der Waals surface area (Å²) in [6.45, 7) is 2.80. The Labute approximate surface area is 132 Å². The number of aromatic nitrogens is 2. The number of nitrogens with zero attached hydrogens (tertiary/aromatic N) is 3. The number of piperazine rings is 1. The first-order valence-corrected chi connectivity index (χ1v) is 7.42. The fraction of sp³-hybridized carbons (Fsp3) is 0.312. The van der Waals surface area contributed by atoms with Gasteiger partial charge in [0, 0.05) is 19.0 Å². The molecule has 4 rings (SSSR count). The van der Waals surface area contributed by atoms with Crippen molar-refractivity contribution < 1.29 is 13.7 Å². The van der Waals surface area contributed by atoms with E-state index in [-0.39, 0.29) is 18.5 Å². The number of carbonyl (C=O) groups excluding carboxylic acids is 1. The SMILES string of the molecule is Cc1ccc2oc(-c3noc(C4CN(C)C(=O)CN4)n3)cc2c1. The van der Waals surface area contributed by atoms with Crippen LogP contribution in [0.2, 0.25) is 0 Å². The number of amides is 1. The van der Waals surface area contributed by atoms with Gasteiger partial charge in [0.25, 0.3) is 0 Å². The Balaban J connectivity index is 1.62. The summed E-state index contributed by atoms with van der Waals surface area (Å²) in [4.78, 5) is 17.6. The minimum Gasteiger partial charge on any atom is -0.453 e. The van der Waals surface area contributed by atoms with Crippen LogP contribution in [0.15, 0.2) is 33.2 Å². The van der Waals surface area contributed by atoms with E-state index in [0.717, 1.165) is 16.5 Å². The van der Waals surface area contributed by atoms with Crippen LogP contribution in [0.3, 0.4) is 0 Å². The first kappa shape index (κ1) is 14.0. The van der Waals surface area contributed by atoms with E-state index in [4.69, 9.17) is 8.94 Å². The normalized spacial score (nSPS) is 18.8. The Kier molecular flexibility index (Phi) is 3.16. The lowest BCUT2D eigenvalue weighted by atomic mass is 10.2. The average molecular weight is 312 g/mol. The molecule has 7 heteroatoms. The second-order valence-electron chi connectivity index (χ2n) is 5.82. The number of hydrogen-bond acceptors (Lipinski definition) is 6. The van der Waals surface area contributed by atoms with Crippen LogP contribution in [0.5, 0.6) is 0 Å². The van der Waals surface area contributed by atoms with E-state index in [9.17, 15) is 4.79 Å². The summed E-state index contributed by atoms with van der Waals surface area (Å²) in [5.41, 5.74) is 1.95. The van der Waals surface area contributed by atoms with Gasteiger partial charge >= 0.3 is 0 Å². The van der Waals surface area contributed by atoms with E-state index in [1.165, 1.54) is 0 Å². The molecule has 0 bridgehead atoms. The smallest absolute Gasteiger partial charge is 0.246 e. The van der Waals surface area contributed by atoms with Crippen molar-refractivity contribution in [3.63, 3.8) is 0 Å². The summed E-state index contributed by atoms with van der Waals surface area (Å²) in [5.74, 6) is 1.49. The molecular weight excluding hydrogens is 296 g/mol. The number of benzene rings is 1. The maximum atomic E-state index is 11.5. The lowest BCUT2D eigenvalue weighted by Gasteiger charge is -2.28. The second kappa shape index (κ2) is 5.20. The molecule has 2 aromatic heterocycles. The van der Waals surface area contributed by atoms with E-state index in [1.807, 2.05) is 31.2 Å². The molecule has 1 aliphatic heterocycles. The molecule has 3 heterocycles. The molecule has 1 aliphatic rings. The average Bonchev–Trinajstić information content (AvgIpc) is 3.15. The number of furan rings is 1. The Morgan fingerprint density at radius 3 is 3.04 bits per heavy atom. The van der Waals surface area contributed by atoms with Crippen LogP contribution < -0.4 is 5.32 Å². The van der Waals surface area contributed by atoms with Gasteiger partial charge in [-0.25, -0.2) is 0 Å². The molecule has 1 saturated heterocycles. The predicted octanol–water partition coefficient (Wildman–Crippen LogP) is 1.89. The number of nitrogens with one attached hydrogen (secondary N) is 1. The summed E-state index contributed by atoms with van der Waals surface area (Å²) in [5, 5.41) is 8.10. The van der Waals surface area contributed by atoms with Crippen LogP contribution >= 0.6 is 0 Å². The fourth-order valence-corrected chi connectivity index (χ4v) is 2.70. The number of fused-ring (bicyclic) bond motifs is 1. The minimum absolute atomic E-state index is 0.0497. The maximum absolute atomic E-state index is 11.5. The molecule has 1 amide bonds. The van der Waals surface area contributed by atoms with Crippen molar-refractivity contribution in [2.75, 3.05) is 20.1 Å². The first-order chi connectivity index (χ1) is 11.1. The first-order valence-electron chi connectivity index (χ1n) is 7.42. The molecule has 1 N–H and O–H groups in total. The van der Waals surface area contributed by atoms with Gasteiger partial charge in [0.05, 0.1) is 6.54 Å². The highest BCUT2D eigenvalue weighted by Gasteiger charge is 2.28. The number of aryl methyl sites for hydroxylation is 1. The van der Waals surface area contributed by atoms with Crippen molar-refractivity contribution in [1.29, 1.82) is 0 Å². The zero-order chi connectivity index (χ0) is 16.0. The molecule has 1 aromatic carbocycles. The summed E-state index contributed by atoms with van der Waals surface area (Å²) in [6, 6.07) is 7.72. The molecule has 1 atom stereocenters. The number of hydrogen-bond donors (Lipinski definition) is 1. The molecule has 118 valence electrons. The largest absolute Gasteiger partial charge is 0.453 e. The van der Waals surface area contributed by atoms with Gasteiger partial charge in [-0.1, -0.05) is 16.8 Å². The molecule has 3 aromatic rings. The van der Waals surface area contributed by atoms with Crippen LogP contribution in [0.1, 0.15) is 17.5 Å². The Morgan fingerprint density at radius 1 is 1.35 bits per heavy atom. The Bertz CT molecular complexity index is 882. The minimum atomic E-state index is -0.162. The van der Waals surface area contributed by atoms with Crippen LogP contribution in [0, 0.1) is 6.92 Å². The molecule has 0 aliphatic carbocycles. The monoisotopic (exact) mass is 312 g/mol. The van der Waals surface area contributed by atoms with Gasteiger partial charge in [0.2, 0.25) is 17.6 Å². The lowest BCUT2D eigenvalue weighted by molar-refractivity contribution is -0.131. The van der Waals surface area contributed by atoms with Crippen molar-refractivity contribution >= 4 is 16.9 Å². The van der Waals surface area contributed by atoms with Crippen molar-refractivity contribution in [2.24, 2.45) is 0 Å². The van der Waals surface area contributed by atoms with Crippen molar-refractivity contribution in [2.45, 2.75) is 13.0 Å². The predicted molar refractivity (Wildman–Crippen MR) is 82.6 cm³/mol. The van der Waals surface area contributed by atoms with Crippen LogP contribution in [-0.2, 0) is 4.79 Å². The van der Waals surface area contributed by atoms with E-state index >= 15 is 0 Å². The fourth-order valence-electron chi connectivity index (χ4n) is 2.70. The zero-order valence-electron chi connectivity index (χ0n) is 12.9. The molecule has 7 nitrogen and oxygen atoms in total. The topological polar surface area (TPSA) is 84.4 Å². The van der Waals surface area contributed by atoms with Crippen molar-refractivity contribution in [3.05, 3.63) is 35.7 Å². The van der Waals surface area contributed by atoms with Gasteiger partial charge < -0.3 is 13.8 Å². The summed E-state index contributed by atoms with van der Waals surface area (Å²) in [6.07, 6.45) is 0. The molecule has 0 radical (unpaired) electrons. The van der Waals surface area contributed by atoms with Crippen LogP contribution in [0.4, 0.5) is 0 Å². The van der Waals surface area contributed by atoms with Gasteiger partial charge in [-0.15, -0.1) is 0 Å². The van der Waals surface area contributed by atoms with E-state index in [1.54, 1.807) is 11.9 Å². The third-order valence-electron chi connectivity index (χ3n) is 4.01. The van der Waals surface area contributed by atoms with Crippen LogP contribution in [0.25, 0.3) is 22.6 Å². The van der Waals surface area contributed by atoms with Gasteiger partial charge in [-0.2, -0.15) is 4.98 Å². The van der Waals surface area contributed by atoms with Gasteiger partial charge in [0.15, 0.2) is 5.76 Å². The number of likely N-dealkylation sites (N-methyl/N-ethyl adjacent to an activating group) is 1. The van der Waals surface area contributed by atoms with Crippen molar-refractivity contribution in [1.82, 2.24) is 20.4 Å². The quantitative estimate of drug-likeness (QED) is 0.778. The van der Waals surface area contributed by atoms with Gasteiger partial charge in [-0.05, 0) is 25.1 Å². The van der Waals surface area contributed by atoms with Crippen molar-refractivity contribution in [3.8, 4) is 11.6 Å². The van der Waals surface area contributed by atoms with E-state index in [2.05, 4.69) is 15.5 Å². The molecule has 0 spiro atoms. The van der Waals surface area contributed by atoms with Gasteiger partial charge in [0.1, 0.15) is 11.6 Å². The molecule has 0 saturated carbocycles.